The van der Waals surface area contributed by atoms with Gasteiger partial charge in [-0.15, -0.1) is 12.3 Å². The van der Waals surface area contributed by atoms with Crippen molar-refractivity contribution in [2.24, 2.45) is 0 Å². The molecule has 0 aliphatic rings. The monoisotopic (exact) mass is 196 g/mol. The maximum atomic E-state index is 13.1. The first-order valence-corrected chi connectivity index (χ1v) is 4.14. The van der Waals surface area contributed by atoms with Gasteiger partial charge in [-0.3, -0.25) is 0 Å². The van der Waals surface area contributed by atoms with Crippen LogP contribution >= 0.6 is 0 Å². The zero-order chi connectivity index (χ0) is 10.6. The average molecular weight is 196 g/mol. The summed E-state index contributed by atoms with van der Waals surface area (Å²) in [7, 11) is 1.34. The van der Waals surface area contributed by atoms with Gasteiger partial charge in [-0.25, -0.2) is 8.78 Å². The van der Waals surface area contributed by atoms with E-state index >= 15 is 0 Å². The van der Waals surface area contributed by atoms with E-state index in [0.717, 1.165) is 6.07 Å². The molecule has 0 saturated heterocycles. The third-order valence-electron chi connectivity index (χ3n) is 1.83. The molecule has 0 aliphatic heterocycles. The highest BCUT2D eigenvalue weighted by Crippen LogP contribution is 2.24. The van der Waals surface area contributed by atoms with Gasteiger partial charge in [-0.05, 0) is 12.5 Å². The molecule has 0 heterocycles. The number of ether oxygens (including phenoxy) is 1. The van der Waals surface area contributed by atoms with Crippen molar-refractivity contribution >= 4 is 0 Å². The van der Waals surface area contributed by atoms with Crippen LogP contribution in [-0.4, -0.2) is 7.11 Å². The van der Waals surface area contributed by atoms with Crippen LogP contribution in [0.25, 0.3) is 0 Å². The van der Waals surface area contributed by atoms with E-state index in [4.69, 9.17) is 11.2 Å². The third-order valence-corrected chi connectivity index (χ3v) is 1.83. The number of methoxy groups -OCH3 is 1. The van der Waals surface area contributed by atoms with E-state index in [0.29, 0.717) is 18.4 Å². The Balaban J connectivity index is 3.06. The van der Waals surface area contributed by atoms with Crippen molar-refractivity contribution in [3.05, 3.63) is 29.3 Å². The van der Waals surface area contributed by atoms with Crippen molar-refractivity contribution in [2.45, 2.75) is 12.8 Å². The Morgan fingerprint density at radius 3 is 2.71 bits per heavy atom. The van der Waals surface area contributed by atoms with Crippen LogP contribution in [-0.2, 0) is 6.42 Å². The number of aryl methyl sites for hydroxylation is 1. The van der Waals surface area contributed by atoms with Gasteiger partial charge in [0.25, 0.3) is 0 Å². The lowest BCUT2D eigenvalue weighted by Gasteiger charge is -2.08. The van der Waals surface area contributed by atoms with Crippen molar-refractivity contribution in [3.63, 3.8) is 0 Å². The maximum absolute atomic E-state index is 13.1. The quantitative estimate of drug-likeness (QED) is 0.675. The third kappa shape index (κ3) is 2.23. The predicted molar refractivity (Wildman–Crippen MR) is 50.1 cm³/mol. The van der Waals surface area contributed by atoms with Crippen LogP contribution in [0.5, 0.6) is 5.75 Å². The van der Waals surface area contributed by atoms with E-state index in [1.807, 2.05) is 0 Å². The van der Waals surface area contributed by atoms with Gasteiger partial charge >= 0.3 is 0 Å². The van der Waals surface area contributed by atoms with Crippen LogP contribution in [0.15, 0.2) is 12.1 Å². The van der Waals surface area contributed by atoms with E-state index in [-0.39, 0.29) is 5.75 Å². The summed E-state index contributed by atoms with van der Waals surface area (Å²) in [5, 5.41) is 0. The Hall–Kier alpha value is -1.56. The van der Waals surface area contributed by atoms with Crippen LogP contribution in [0, 0.1) is 24.0 Å². The largest absolute Gasteiger partial charge is 0.493 e. The highest BCUT2D eigenvalue weighted by molar-refractivity contribution is 5.36. The van der Waals surface area contributed by atoms with Crippen LogP contribution in [0.2, 0.25) is 0 Å². The van der Waals surface area contributed by atoms with Crippen LogP contribution in [0.1, 0.15) is 12.0 Å². The molecule has 0 N–H and O–H groups in total. The Morgan fingerprint density at radius 1 is 1.43 bits per heavy atom. The number of terminal acetylenes is 1. The van der Waals surface area contributed by atoms with Crippen molar-refractivity contribution in [3.8, 4) is 18.1 Å². The molecule has 0 aromatic heterocycles. The number of benzene rings is 1. The molecular formula is C11H10F2O. The van der Waals surface area contributed by atoms with Crippen molar-refractivity contribution in [2.75, 3.05) is 7.11 Å². The molecule has 0 atom stereocenters. The molecule has 0 unspecified atom stereocenters. The lowest BCUT2D eigenvalue weighted by molar-refractivity contribution is 0.379. The van der Waals surface area contributed by atoms with E-state index in [1.165, 1.54) is 13.2 Å². The molecule has 1 nitrogen and oxygen atoms in total. The van der Waals surface area contributed by atoms with Gasteiger partial charge in [0.05, 0.1) is 7.11 Å². The molecule has 1 aromatic rings. The van der Waals surface area contributed by atoms with Gasteiger partial charge in [-0.2, -0.15) is 0 Å². The topological polar surface area (TPSA) is 9.23 Å². The average Bonchev–Trinajstić information content (AvgIpc) is 2.14. The number of rotatable bonds is 3. The van der Waals surface area contributed by atoms with Crippen LogP contribution in [0.4, 0.5) is 8.78 Å². The highest BCUT2D eigenvalue weighted by Gasteiger charge is 2.10. The van der Waals surface area contributed by atoms with Gasteiger partial charge in [0, 0.05) is 18.1 Å². The maximum Gasteiger partial charge on any atom is 0.168 e. The molecule has 1 rings (SSSR count). The molecule has 3 heteroatoms. The molecular weight excluding hydrogens is 186 g/mol. The zero-order valence-electron chi connectivity index (χ0n) is 7.81. The first-order chi connectivity index (χ1) is 6.69. The number of hydrogen-bond acceptors (Lipinski definition) is 1. The Kier molecular flexibility index (Phi) is 3.47. The van der Waals surface area contributed by atoms with Gasteiger partial charge in [0.2, 0.25) is 0 Å². The van der Waals surface area contributed by atoms with Gasteiger partial charge in [-0.1, -0.05) is 0 Å². The first kappa shape index (κ1) is 10.5. The fourth-order valence-electron chi connectivity index (χ4n) is 1.23. The SMILES string of the molecule is C#CCCc1cc(F)cc(F)c1OC. The summed E-state index contributed by atoms with van der Waals surface area (Å²) in [4.78, 5) is 0. The second kappa shape index (κ2) is 4.61. The minimum atomic E-state index is -0.695. The molecule has 0 bridgehead atoms. The summed E-state index contributed by atoms with van der Waals surface area (Å²) in [5.74, 6) is 1.17. The Bertz CT molecular complexity index is 366. The summed E-state index contributed by atoms with van der Waals surface area (Å²) < 4.78 is 30.8. The van der Waals surface area contributed by atoms with E-state index in [9.17, 15) is 8.78 Å². The smallest absolute Gasteiger partial charge is 0.168 e. The molecule has 0 fully saturated rings. The highest BCUT2D eigenvalue weighted by atomic mass is 19.1. The lowest BCUT2D eigenvalue weighted by Crippen LogP contribution is -1.97. The van der Waals surface area contributed by atoms with E-state index in [1.54, 1.807) is 0 Å². The molecule has 14 heavy (non-hydrogen) atoms. The fraction of sp³-hybridized carbons (Fsp3) is 0.273. The molecule has 0 spiro atoms. The van der Waals surface area contributed by atoms with Crippen molar-refractivity contribution in [1.29, 1.82) is 0 Å². The lowest BCUT2D eigenvalue weighted by atomic mass is 10.1. The Morgan fingerprint density at radius 2 is 2.14 bits per heavy atom. The summed E-state index contributed by atoms with van der Waals surface area (Å²) in [6.45, 7) is 0. The van der Waals surface area contributed by atoms with E-state index in [2.05, 4.69) is 5.92 Å². The standard InChI is InChI=1S/C11H10F2O/c1-3-4-5-8-6-9(12)7-10(13)11(8)14-2/h1,6-7H,4-5H2,2H3. The number of hydrogen-bond donors (Lipinski definition) is 0. The summed E-state index contributed by atoms with van der Waals surface area (Å²) in [6, 6.07) is 2.03. The molecule has 0 radical (unpaired) electrons. The van der Waals surface area contributed by atoms with Crippen LogP contribution < -0.4 is 4.74 Å². The molecule has 1 aromatic carbocycles. The van der Waals surface area contributed by atoms with Gasteiger partial charge in [0.1, 0.15) is 5.82 Å². The second-order valence-corrected chi connectivity index (χ2v) is 2.78. The van der Waals surface area contributed by atoms with Crippen molar-refractivity contribution < 1.29 is 13.5 Å². The van der Waals surface area contributed by atoms with E-state index < -0.39 is 11.6 Å². The number of halogens is 2. The van der Waals surface area contributed by atoms with Gasteiger partial charge < -0.3 is 4.74 Å². The minimum Gasteiger partial charge on any atom is -0.493 e. The van der Waals surface area contributed by atoms with Crippen LogP contribution in [0.3, 0.4) is 0 Å². The molecule has 74 valence electrons. The fourth-order valence-corrected chi connectivity index (χ4v) is 1.23. The first-order valence-electron chi connectivity index (χ1n) is 4.14. The summed E-state index contributed by atoms with van der Waals surface area (Å²) in [6.07, 6.45) is 5.91. The van der Waals surface area contributed by atoms with Gasteiger partial charge in [0.15, 0.2) is 11.6 Å². The molecule has 0 aliphatic carbocycles. The second-order valence-electron chi connectivity index (χ2n) is 2.78. The zero-order valence-corrected chi connectivity index (χ0v) is 7.81. The summed E-state index contributed by atoms with van der Waals surface area (Å²) in [5.41, 5.74) is 0.461. The normalized spacial score (nSPS) is 9.57. The summed E-state index contributed by atoms with van der Waals surface area (Å²) >= 11 is 0. The predicted octanol–water partition coefficient (Wildman–Crippen LogP) is 2.54. The molecule has 0 amide bonds. The molecule has 0 saturated carbocycles. The minimum absolute atomic E-state index is 0.0710. The van der Waals surface area contributed by atoms with Crippen molar-refractivity contribution in [1.82, 2.24) is 0 Å². The Labute approximate surface area is 81.7 Å².